The van der Waals surface area contributed by atoms with Gasteiger partial charge in [-0.3, -0.25) is 4.90 Å². The van der Waals surface area contributed by atoms with Gasteiger partial charge in [-0.2, -0.15) is 39.5 Å². The lowest BCUT2D eigenvalue weighted by atomic mass is 9.87. The molecule has 0 bridgehead atoms. The number of halogens is 10. The van der Waals surface area contributed by atoms with Gasteiger partial charge >= 0.3 is 18.5 Å². The van der Waals surface area contributed by atoms with Gasteiger partial charge in [-0.15, -0.1) is 0 Å². The van der Waals surface area contributed by atoms with Gasteiger partial charge in [-0.25, -0.2) is 4.39 Å². The maximum Gasteiger partial charge on any atom is 0.410 e. The lowest BCUT2D eigenvalue weighted by Crippen LogP contribution is -2.56. The second-order valence-electron chi connectivity index (χ2n) is 5.06. The van der Waals surface area contributed by atoms with Gasteiger partial charge in [0.2, 0.25) is 0 Å². The number of rotatable bonds is 2. The molecule has 0 radical (unpaired) electrons. The van der Waals surface area contributed by atoms with Crippen LogP contribution in [0.1, 0.15) is 6.42 Å². The average molecular weight is 347 g/mol. The minimum Gasteiger partial charge on any atom is -0.285 e. The van der Waals surface area contributed by atoms with E-state index in [1.165, 1.54) is 0 Å². The SMILES string of the molecule is C=C(F)C(N1CC(C(F)(F)F)CC(C(F)(F)F)C1)C(F)(F)F. The van der Waals surface area contributed by atoms with Crippen molar-refractivity contribution in [2.45, 2.75) is 31.0 Å². The van der Waals surface area contributed by atoms with Gasteiger partial charge in [-0.05, 0) is 6.42 Å². The summed E-state index contributed by atoms with van der Waals surface area (Å²) >= 11 is 0. The highest BCUT2D eigenvalue weighted by atomic mass is 19.4. The number of likely N-dealkylation sites (tertiary alicyclic amines) is 1. The van der Waals surface area contributed by atoms with Crippen LogP contribution in [0.4, 0.5) is 43.9 Å². The lowest BCUT2D eigenvalue weighted by Gasteiger charge is -2.42. The van der Waals surface area contributed by atoms with Crippen LogP contribution in [-0.2, 0) is 0 Å². The topological polar surface area (TPSA) is 3.24 Å². The van der Waals surface area contributed by atoms with E-state index >= 15 is 0 Å². The van der Waals surface area contributed by atoms with Crippen molar-refractivity contribution in [3.8, 4) is 0 Å². The van der Waals surface area contributed by atoms with Crippen molar-refractivity contribution in [3.63, 3.8) is 0 Å². The minimum atomic E-state index is -5.37. The van der Waals surface area contributed by atoms with Crippen LogP contribution in [0.3, 0.4) is 0 Å². The summed E-state index contributed by atoms with van der Waals surface area (Å²) in [5.74, 6) is -7.30. The molecule has 1 nitrogen and oxygen atoms in total. The second kappa shape index (κ2) is 5.89. The first-order valence-corrected chi connectivity index (χ1v) is 5.92. The van der Waals surface area contributed by atoms with E-state index in [2.05, 4.69) is 6.58 Å². The zero-order chi connectivity index (χ0) is 17.5. The molecule has 1 heterocycles. The van der Waals surface area contributed by atoms with Gasteiger partial charge < -0.3 is 0 Å². The fourth-order valence-corrected chi connectivity index (χ4v) is 2.40. The Morgan fingerprint density at radius 3 is 1.45 bits per heavy atom. The molecule has 11 heteroatoms. The number of nitrogens with zero attached hydrogens (tertiary/aromatic N) is 1. The third-order valence-electron chi connectivity index (χ3n) is 3.38. The smallest absolute Gasteiger partial charge is 0.285 e. The summed E-state index contributed by atoms with van der Waals surface area (Å²) in [4.78, 5) is -0.192. The Balaban J connectivity index is 3.14. The minimum absolute atomic E-state index is 0.192. The molecule has 130 valence electrons. The molecule has 0 aliphatic carbocycles. The van der Waals surface area contributed by atoms with Crippen LogP contribution in [0.15, 0.2) is 12.4 Å². The van der Waals surface area contributed by atoms with E-state index < -0.39 is 61.7 Å². The third-order valence-corrected chi connectivity index (χ3v) is 3.38. The van der Waals surface area contributed by atoms with Crippen molar-refractivity contribution in [1.82, 2.24) is 4.90 Å². The highest BCUT2D eigenvalue weighted by Crippen LogP contribution is 2.44. The fourth-order valence-electron chi connectivity index (χ4n) is 2.40. The van der Waals surface area contributed by atoms with Crippen LogP contribution in [0.2, 0.25) is 0 Å². The van der Waals surface area contributed by atoms with E-state index in [4.69, 9.17) is 0 Å². The number of hydrogen-bond donors (Lipinski definition) is 0. The molecular formula is C11H11F10N. The van der Waals surface area contributed by atoms with E-state index in [1.54, 1.807) is 0 Å². The molecule has 0 aromatic heterocycles. The van der Waals surface area contributed by atoms with Crippen LogP contribution < -0.4 is 0 Å². The van der Waals surface area contributed by atoms with Gasteiger partial charge in [0.1, 0.15) is 5.83 Å². The summed E-state index contributed by atoms with van der Waals surface area (Å²) in [6.45, 7) is -0.363. The quantitative estimate of drug-likeness (QED) is 0.667. The summed E-state index contributed by atoms with van der Waals surface area (Å²) < 4.78 is 127. The molecule has 0 saturated carbocycles. The summed E-state index contributed by atoms with van der Waals surface area (Å²) in [5.41, 5.74) is 0. The Morgan fingerprint density at radius 2 is 1.23 bits per heavy atom. The average Bonchev–Trinajstić information content (AvgIpc) is 2.23. The first kappa shape index (κ1) is 19.0. The molecule has 0 N–H and O–H groups in total. The van der Waals surface area contributed by atoms with E-state index in [0.29, 0.717) is 0 Å². The van der Waals surface area contributed by atoms with Crippen molar-refractivity contribution >= 4 is 0 Å². The third kappa shape index (κ3) is 4.50. The van der Waals surface area contributed by atoms with Crippen molar-refractivity contribution in [2.24, 2.45) is 11.8 Å². The van der Waals surface area contributed by atoms with Crippen LogP contribution in [-0.4, -0.2) is 42.6 Å². The lowest BCUT2D eigenvalue weighted by molar-refractivity contribution is -0.248. The van der Waals surface area contributed by atoms with Gasteiger partial charge in [0.25, 0.3) is 0 Å². The van der Waals surface area contributed by atoms with Crippen LogP contribution in [0.25, 0.3) is 0 Å². The highest BCUT2D eigenvalue weighted by molar-refractivity contribution is 5.04. The van der Waals surface area contributed by atoms with Gasteiger partial charge in [0.05, 0.1) is 11.8 Å². The van der Waals surface area contributed by atoms with Crippen LogP contribution >= 0.6 is 0 Å². The van der Waals surface area contributed by atoms with E-state index in [0.717, 1.165) is 0 Å². The number of alkyl halides is 9. The summed E-state index contributed by atoms with van der Waals surface area (Å²) in [7, 11) is 0. The zero-order valence-corrected chi connectivity index (χ0v) is 10.8. The Hall–Kier alpha value is -1.00. The molecule has 1 fully saturated rings. The molecule has 0 amide bonds. The van der Waals surface area contributed by atoms with E-state index in [9.17, 15) is 43.9 Å². The van der Waals surface area contributed by atoms with Gasteiger partial charge in [0.15, 0.2) is 6.04 Å². The Labute approximate surface area is 118 Å². The predicted octanol–water partition coefficient (Wildman–Crippen LogP) is 4.46. The van der Waals surface area contributed by atoms with E-state index in [1.807, 2.05) is 0 Å². The number of piperidine rings is 1. The molecular weight excluding hydrogens is 336 g/mol. The Kier molecular flexibility index (Phi) is 5.10. The first-order chi connectivity index (χ1) is 9.64. The predicted molar refractivity (Wildman–Crippen MR) is 55.4 cm³/mol. The standard InChI is InChI=1S/C11H11F10N/c1-5(12)8(11(19,20)21)22-3-6(9(13,14)15)2-7(4-22)10(16,17)18/h6-8H,1-4H2. The molecule has 3 unspecified atom stereocenters. The van der Waals surface area contributed by atoms with Crippen molar-refractivity contribution in [2.75, 3.05) is 13.1 Å². The molecule has 3 atom stereocenters. The molecule has 22 heavy (non-hydrogen) atoms. The molecule has 1 rings (SSSR count). The monoisotopic (exact) mass is 347 g/mol. The Bertz CT molecular complexity index is 385. The molecule has 1 aliphatic heterocycles. The summed E-state index contributed by atoms with van der Waals surface area (Å²) in [6.07, 6.45) is -17.0. The zero-order valence-electron chi connectivity index (χ0n) is 10.8. The van der Waals surface area contributed by atoms with Crippen molar-refractivity contribution in [1.29, 1.82) is 0 Å². The Morgan fingerprint density at radius 1 is 0.864 bits per heavy atom. The van der Waals surface area contributed by atoms with E-state index in [-0.39, 0.29) is 4.90 Å². The maximum absolute atomic E-state index is 13.0. The molecule has 0 aromatic rings. The summed E-state index contributed by atoms with van der Waals surface area (Å²) in [6, 6.07) is -3.19. The fraction of sp³-hybridized carbons (Fsp3) is 0.818. The maximum atomic E-state index is 13.0. The normalized spacial score (nSPS) is 26.8. The molecule has 1 aliphatic rings. The second-order valence-corrected chi connectivity index (χ2v) is 5.06. The summed E-state index contributed by atoms with van der Waals surface area (Å²) in [5, 5.41) is 0. The molecule has 0 spiro atoms. The largest absolute Gasteiger partial charge is 0.410 e. The highest BCUT2D eigenvalue weighted by Gasteiger charge is 2.56. The van der Waals surface area contributed by atoms with Gasteiger partial charge in [0, 0.05) is 13.1 Å². The van der Waals surface area contributed by atoms with Crippen molar-refractivity contribution < 1.29 is 43.9 Å². The number of hydrogen-bond acceptors (Lipinski definition) is 1. The molecule has 0 aromatic carbocycles. The van der Waals surface area contributed by atoms with Gasteiger partial charge in [-0.1, -0.05) is 6.58 Å². The molecule has 1 saturated heterocycles. The first-order valence-electron chi connectivity index (χ1n) is 5.92. The van der Waals surface area contributed by atoms with Crippen molar-refractivity contribution in [3.05, 3.63) is 12.4 Å². The van der Waals surface area contributed by atoms with Crippen LogP contribution in [0.5, 0.6) is 0 Å². The van der Waals surface area contributed by atoms with Crippen LogP contribution in [0, 0.1) is 11.8 Å².